The smallest absolute Gasteiger partial charge is 0.326 e. The van der Waals surface area contributed by atoms with E-state index < -0.39 is 0 Å². The summed E-state index contributed by atoms with van der Waals surface area (Å²) in [6.45, 7) is 10.3. The lowest BCUT2D eigenvalue weighted by molar-refractivity contribution is 0.243. The number of aryl methyl sites for hydroxylation is 1. The summed E-state index contributed by atoms with van der Waals surface area (Å²) in [6, 6.07) is 6.07. The van der Waals surface area contributed by atoms with Crippen molar-refractivity contribution in [2.45, 2.75) is 26.7 Å². The van der Waals surface area contributed by atoms with Crippen LogP contribution in [0.3, 0.4) is 0 Å². The molecule has 1 unspecified atom stereocenters. The molecule has 1 aromatic carbocycles. The highest BCUT2D eigenvalue weighted by Gasteiger charge is 2.15. The molecule has 105 valence electrons. The molecular formula is C16H20N3O. The van der Waals surface area contributed by atoms with Gasteiger partial charge >= 0.3 is 6.03 Å². The highest BCUT2D eigenvalue weighted by atomic mass is 16.2. The summed E-state index contributed by atoms with van der Waals surface area (Å²) in [4.78, 5) is 16.1. The van der Waals surface area contributed by atoms with E-state index in [0.717, 1.165) is 5.69 Å². The van der Waals surface area contributed by atoms with Crippen molar-refractivity contribution in [2.24, 2.45) is 0 Å². The van der Waals surface area contributed by atoms with E-state index in [9.17, 15) is 4.79 Å². The normalized spacial score (nSPS) is 12.2. The Morgan fingerprint density at radius 1 is 1.45 bits per heavy atom. The highest BCUT2D eigenvalue weighted by molar-refractivity contribution is 5.76. The van der Waals surface area contributed by atoms with E-state index in [4.69, 9.17) is 0 Å². The molecule has 20 heavy (non-hydrogen) atoms. The van der Waals surface area contributed by atoms with Crippen molar-refractivity contribution < 1.29 is 4.79 Å². The van der Waals surface area contributed by atoms with Gasteiger partial charge in [0.05, 0.1) is 5.69 Å². The van der Waals surface area contributed by atoms with Gasteiger partial charge in [-0.2, -0.15) is 0 Å². The fraction of sp³-hybridized carbons (Fsp3) is 0.312. The minimum Gasteiger partial charge on any atom is -0.337 e. The van der Waals surface area contributed by atoms with Gasteiger partial charge in [-0.25, -0.2) is 9.78 Å². The van der Waals surface area contributed by atoms with Gasteiger partial charge in [0, 0.05) is 18.7 Å². The van der Waals surface area contributed by atoms with E-state index in [1.807, 2.05) is 0 Å². The number of benzene rings is 1. The standard InChI is InChI=1S/C16H20N3O/c1-5-17-16(20)19-9-15(18-10-19)13(4)14-8-6-7-11(2)12(14)3/h6-10,13H,1,5H2,2-4H3,(H,17,20). The number of carbonyl (C=O) groups is 1. The summed E-state index contributed by atoms with van der Waals surface area (Å²) in [5.74, 6) is 0.156. The average Bonchev–Trinajstić information content (AvgIpc) is 2.91. The molecule has 0 aliphatic carbocycles. The highest BCUT2D eigenvalue weighted by Crippen LogP contribution is 2.26. The Bertz CT molecular complexity index is 616. The van der Waals surface area contributed by atoms with E-state index in [-0.39, 0.29) is 11.9 Å². The largest absolute Gasteiger partial charge is 0.337 e. The number of amides is 1. The molecular weight excluding hydrogens is 250 g/mol. The van der Waals surface area contributed by atoms with Crippen LogP contribution >= 0.6 is 0 Å². The molecule has 1 radical (unpaired) electrons. The van der Waals surface area contributed by atoms with Gasteiger partial charge in [-0.1, -0.05) is 25.1 Å². The van der Waals surface area contributed by atoms with Crippen molar-refractivity contribution >= 4 is 6.03 Å². The van der Waals surface area contributed by atoms with Crippen molar-refractivity contribution in [1.82, 2.24) is 14.9 Å². The van der Waals surface area contributed by atoms with Crippen LogP contribution in [0, 0.1) is 20.8 Å². The molecule has 1 aromatic heterocycles. The van der Waals surface area contributed by atoms with Crippen molar-refractivity contribution in [3.05, 3.63) is 60.0 Å². The van der Waals surface area contributed by atoms with Crippen LogP contribution in [0.2, 0.25) is 0 Å². The van der Waals surface area contributed by atoms with Crippen LogP contribution in [0.5, 0.6) is 0 Å². The predicted octanol–water partition coefficient (Wildman–Crippen LogP) is 3.04. The number of hydrogen-bond donors (Lipinski definition) is 1. The first-order valence-electron chi connectivity index (χ1n) is 6.72. The molecule has 0 bridgehead atoms. The summed E-state index contributed by atoms with van der Waals surface area (Å²) in [5, 5.41) is 2.65. The SMILES string of the molecule is [CH2]CNC(=O)n1cnc(C(C)c2cccc(C)c2C)c1. The molecule has 1 N–H and O–H groups in total. The predicted molar refractivity (Wildman–Crippen MR) is 79.8 cm³/mol. The molecule has 0 aliphatic rings. The number of nitrogens with one attached hydrogen (secondary N) is 1. The van der Waals surface area contributed by atoms with E-state index in [0.29, 0.717) is 6.54 Å². The molecule has 2 aromatic rings. The van der Waals surface area contributed by atoms with Crippen LogP contribution in [0.25, 0.3) is 0 Å². The van der Waals surface area contributed by atoms with Crippen molar-refractivity contribution in [2.75, 3.05) is 6.54 Å². The second-order valence-electron chi connectivity index (χ2n) is 4.95. The summed E-state index contributed by atoms with van der Waals surface area (Å²) in [7, 11) is 0. The van der Waals surface area contributed by atoms with Gasteiger partial charge in [0.2, 0.25) is 0 Å². The minimum atomic E-state index is -0.202. The lowest BCUT2D eigenvalue weighted by Crippen LogP contribution is -2.27. The zero-order chi connectivity index (χ0) is 14.7. The van der Waals surface area contributed by atoms with Crippen LogP contribution in [-0.4, -0.2) is 22.1 Å². The number of imidazole rings is 1. The fourth-order valence-electron chi connectivity index (χ4n) is 2.27. The van der Waals surface area contributed by atoms with Crippen LogP contribution in [-0.2, 0) is 0 Å². The number of nitrogens with zero attached hydrogens (tertiary/aromatic N) is 2. The molecule has 1 heterocycles. The summed E-state index contributed by atoms with van der Waals surface area (Å²) in [6.07, 6.45) is 3.32. The van der Waals surface area contributed by atoms with E-state index >= 15 is 0 Å². The van der Waals surface area contributed by atoms with Crippen molar-refractivity contribution in [3.8, 4) is 0 Å². The maximum absolute atomic E-state index is 11.7. The maximum atomic E-state index is 11.7. The lowest BCUT2D eigenvalue weighted by Gasteiger charge is -2.14. The molecule has 4 heteroatoms. The van der Waals surface area contributed by atoms with Crippen molar-refractivity contribution in [1.29, 1.82) is 0 Å². The molecule has 0 fully saturated rings. The third-order valence-corrected chi connectivity index (χ3v) is 3.67. The first-order chi connectivity index (χ1) is 9.54. The second-order valence-corrected chi connectivity index (χ2v) is 4.95. The zero-order valence-electron chi connectivity index (χ0n) is 12.2. The molecule has 2 rings (SSSR count). The van der Waals surface area contributed by atoms with Gasteiger partial charge in [0.15, 0.2) is 0 Å². The van der Waals surface area contributed by atoms with Gasteiger partial charge in [0.1, 0.15) is 6.33 Å². The average molecular weight is 270 g/mol. The number of rotatable bonds is 3. The third-order valence-electron chi connectivity index (χ3n) is 3.67. The zero-order valence-corrected chi connectivity index (χ0v) is 12.2. The van der Waals surface area contributed by atoms with Gasteiger partial charge in [-0.05, 0) is 37.5 Å². The fourth-order valence-corrected chi connectivity index (χ4v) is 2.27. The van der Waals surface area contributed by atoms with Crippen LogP contribution in [0.15, 0.2) is 30.7 Å². The van der Waals surface area contributed by atoms with Crippen LogP contribution < -0.4 is 5.32 Å². The van der Waals surface area contributed by atoms with Crippen molar-refractivity contribution in [3.63, 3.8) is 0 Å². The Kier molecular flexibility index (Phi) is 4.23. The van der Waals surface area contributed by atoms with E-state index in [1.165, 1.54) is 21.3 Å². The molecule has 0 saturated carbocycles. The monoisotopic (exact) mass is 270 g/mol. The topological polar surface area (TPSA) is 46.9 Å². The summed E-state index contributed by atoms with van der Waals surface area (Å²) in [5.41, 5.74) is 4.67. The van der Waals surface area contributed by atoms with E-state index in [1.54, 1.807) is 12.5 Å². The maximum Gasteiger partial charge on any atom is 0.326 e. The molecule has 0 aliphatic heterocycles. The summed E-state index contributed by atoms with van der Waals surface area (Å²) < 4.78 is 1.46. The Balaban J connectivity index is 2.28. The Morgan fingerprint density at radius 3 is 2.90 bits per heavy atom. The quantitative estimate of drug-likeness (QED) is 0.931. The number of carbonyl (C=O) groups excluding carboxylic acids is 1. The van der Waals surface area contributed by atoms with Gasteiger partial charge < -0.3 is 5.32 Å². The minimum absolute atomic E-state index is 0.156. The number of aromatic nitrogens is 2. The van der Waals surface area contributed by atoms with Gasteiger partial charge in [-0.3, -0.25) is 4.57 Å². The Morgan fingerprint density at radius 2 is 2.20 bits per heavy atom. The van der Waals surface area contributed by atoms with Gasteiger partial charge in [0.25, 0.3) is 0 Å². The van der Waals surface area contributed by atoms with Gasteiger partial charge in [-0.15, -0.1) is 0 Å². The molecule has 0 spiro atoms. The van der Waals surface area contributed by atoms with Crippen LogP contribution in [0.1, 0.15) is 35.2 Å². The molecule has 4 nitrogen and oxygen atoms in total. The van der Waals surface area contributed by atoms with E-state index in [2.05, 4.69) is 56.2 Å². The second kappa shape index (κ2) is 5.90. The molecule has 1 atom stereocenters. The first kappa shape index (κ1) is 14.3. The first-order valence-corrected chi connectivity index (χ1v) is 6.72. The lowest BCUT2D eigenvalue weighted by atomic mass is 9.92. The Labute approximate surface area is 119 Å². The summed E-state index contributed by atoms with van der Waals surface area (Å²) >= 11 is 0. The molecule has 1 amide bonds. The number of hydrogen-bond acceptors (Lipinski definition) is 2. The van der Waals surface area contributed by atoms with Crippen LogP contribution in [0.4, 0.5) is 4.79 Å². The molecule has 0 saturated heterocycles. The third kappa shape index (κ3) is 2.74. The Hall–Kier alpha value is -2.10.